The van der Waals surface area contributed by atoms with Gasteiger partial charge in [-0.15, -0.1) is 22.0 Å². The second-order valence-electron chi connectivity index (χ2n) is 4.61. The molecule has 0 spiro atoms. The minimum atomic E-state index is -0.335. The molecule has 2 rings (SSSR count). The third-order valence-corrected chi connectivity index (χ3v) is 4.80. The van der Waals surface area contributed by atoms with Crippen molar-refractivity contribution < 1.29 is 18.7 Å². The molecule has 1 aromatic carbocycles. The highest BCUT2D eigenvalue weighted by Crippen LogP contribution is 2.17. The minimum Gasteiger partial charge on any atom is -0.465 e. The molecule has 0 unspecified atom stereocenters. The van der Waals surface area contributed by atoms with Crippen LogP contribution in [0.4, 0.5) is 4.39 Å². The molecule has 0 aliphatic heterocycles. The van der Waals surface area contributed by atoms with E-state index in [9.17, 15) is 14.0 Å². The van der Waals surface area contributed by atoms with E-state index in [-0.39, 0.29) is 35.0 Å². The number of aromatic nitrogens is 2. The molecule has 0 bridgehead atoms. The topological polar surface area (TPSA) is 81.2 Å². The number of esters is 1. The molecule has 9 heteroatoms. The minimum absolute atomic E-state index is 0.236. The highest BCUT2D eigenvalue weighted by molar-refractivity contribution is 7.99. The number of hydrogen-bond acceptors (Lipinski definition) is 7. The maximum atomic E-state index is 12.8. The van der Waals surface area contributed by atoms with E-state index >= 15 is 0 Å². The van der Waals surface area contributed by atoms with Gasteiger partial charge in [0.25, 0.3) is 5.91 Å². The lowest BCUT2D eigenvalue weighted by atomic mass is 10.2. The lowest BCUT2D eigenvalue weighted by Gasteiger charge is -2.02. The van der Waals surface area contributed by atoms with Crippen molar-refractivity contribution in [2.75, 3.05) is 12.4 Å². The Balaban J connectivity index is 1.78. The predicted octanol–water partition coefficient (Wildman–Crippen LogP) is 2.40. The van der Waals surface area contributed by atoms with Crippen molar-refractivity contribution in [3.63, 3.8) is 0 Å². The maximum Gasteiger partial charge on any atom is 0.315 e. The molecule has 1 aromatic heterocycles. The van der Waals surface area contributed by atoms with Crippen LogP contribution < -0.4 is 5.32 Å². The van der Waals surface area contributed by atoms with Crippen LogP contribution in [0.1, 0.15) is 27.3 Å². The summed E-state index contributed by atoms with van der Waals surface area (Å²) < 4.78 is 17.6. The third kappa shape index (κ3) is 5.89. The fourth-order valence-electron chi connectivity index (χ4n) is 1.69. The number of nitrogens with one attached hydrogen (secondary N) is 1. The first-order valence-electron chi connectivity index (χ1n) is 7.17. The number of rotatable bonds is 8. The van der Waals surface area contributed by atoms with Gasteiger partial charge in [0, 0.05) is 12.3 Å². The second kappa shape index (κ2) is 9.33. The van der Waals surface area contributed by atoms with Crippen LogP contribution in [0, 0.1) is 5.82 Å². The van der Waals surface area contributed by atoms with Gasteiger partial charge in [0.15, 0.2) is 0 Å². The summed E-state index contributed by atoms with van der Waals surface area (Å²) in [5.41, 5.74) is 0.791. The predicted molar refractivity (Wildman–Crippen MR) is 90.3 cm³/mol. The summed E-state index contributed by atoms with van der Waals surface area (Å²) in [7, 11) is 0. The van der Waals surface area contributed by atoms with Crippen molar-refractivity contribution in [1.82, 2.24) is 15.5 Å². The van der Waals surface area contributed by atoms with E-state index in [4.69, 9.17) is 4.74 Å². The number of benzene rings is 1. The number of amides is 1. The van der Waals surface area contributed by atoms with Crippen LogP contribution in [0.3, 0.4) is 0 Å². The van der Waals surface area contributed by atoms with Crippen molar-refractivity contribution in [2.45, 2.75) is 19.2 Å². The van der Waals surface area contributed by atoms with Gasteiger partial charge in [-0.1, -0.05) is 23.5 Å². The molecule has 2 aromatic rings. The summed E-state index contributed by atoms with van der Waals surface area (Å²) >= 11 is 2.53. The van der Waals surface area contributed by atoms with E-state index in [1.807, 2.05) is 0 Å². The van der Waals surface area contributed by atoms with Crippen LogP contribution in [0.5, 0.6) is 0 Å². The fraction of sp³-hybridized carbons (Fsp3) is 0.333. The number of nitrogens with zero attached hydrogens (tertiary/aromatic N) is 2. The van der Waals surface area contributed by atoms with E-state index in [0.29, 0.717) is 17.4 Å². The van der Waals surface area contributed by atoms with Crippen molar-refractivity contribution >= 4 is 35.0 Å². The zero-order valence-electron chi connectivity index (χ0n) is 13.0. The highest BCUT2D eigenvalue weighted by atomic mass is 32.2. The number of thioether (sulfide) groups is 1. The summed E-state index contributed by atoms with van der Waals surface area (Å²) in [5.74, 6) is -0.205. The molecule has 1 N–H and O–H groups in total. The Morgan fingerprint density at radius 3 is 2.75 bits per heavy atom. The second-order valence-corrected chi connectivity index (χ2v) is 6.66. The number of halogens is 1. The van der Waals surface area contributed by atoms with Crippen molar-refractivity contribution in [2.24, 2.45) is 0 Å². The van der Waals surface area contributed by atoms with Crippen LogP contribution in [0.15, 0.2) is 24.3 Å². The Hall–Kier alpha value is -2.00. The lowest BCUT2D eigenvalue weighted by Crippen LogP contribution is -2.22. The van der Waals surface area contributed by atoms with E-state index in [0.717, 1.165) is 5.56 Å². The van der Waals surface area contributed by atoms with Gasteiger partial charge in [-0.05, 0) is 24.6 Å². The van der Waals surface area contributed by atoms with E-state index in [2.05, 4.69) is 15.5 Å². The van der Waals surface area contributed by atoms with Crippen LogP contribution in [-0.2, 0) is 21.8 Å². The van der Waals surface area contributed by atoms with Crippen molar-refractivity contribution in [3.05, 3.63) is 45.7 Å². The molecule has 0 aliphatic carbocycles. The first-order valence-corrected chi connectivity index (χ1v) is 9.14. The lowest BCUT2D eigenvalue weighted by molar-refractivity contribution is -0.139. The summed E-state index contributed by atoms with van der Waals surface area (Å²) in [6.07, 6.45) is 0. The molecule has 0 radical (unpaired) electrons. The van der Waals surface area contributed by atoms with Gasteiger partial charge in [-0.25, -0.2) is 4.39 Å². The average Bonchev–Trinajstić information content (AvgIpc) is 3.03. The van der Waals surface area contributed by atoms with E-state index in [1.54, 1.807) is 19.1 Å². The number of carbonyl (C=O) groups is 2. The number of ether oxygens (including phenoxy) is 1. The normalized spacial score (nSPS) is 10.4. The van der Waals surface area contributed by atoms with Crippen molar-refractivity contribution in [1.29, 1.82) is 0 Å². The zero-order valence-corrected chi connectivity index (χ0v) is 14.6. The maximum absolute atomic E-state index is 12.8. The molecule has 1 amide bonds. The average molecular weight is 369 g/mol. The molecule has 128 valence electrons. The van der Waals surface area contributed by atoms with Gasteiger partial charge in [0.2, 0.25) is 5.01 Å². The Morgan fingerprint density at radius 2 is 2.04 bits per heavy atom. The molecular weight excluding hydrogens is 353 g/mol. The quantitative estimate of drug-likeness (QED) is 0.720. The molecule has 0 saturated heterocycles. The van der Waals surface area contributed by atoms with Gasteiger partial charge < -0.3 is 10.1 Å². The van der Waals surface area contributed by atoms with E-state index < -0.39 is 0 Å². The summed E-state index contributed by atoms with van der Waals surface area (Å²) in [4.78, 5) is 23.2. The molecule has 0 aliphatic rings. The highest BCUT2D eigenvalue weighted by Gasteiger charge is 2.13. The van der Waals surface area contributed by atoms with Crippen LogP contribution >= 0.6 is 23.1 Å². The zero-order chi connectivity index (χ0) is 17.4. The first kappa shape index (κ1) is 18.3. The monoisotopic (exact) mass is 369 g/mol. The molecule has 1 heterocycles. The molecule has 24 heavy (non-hydrogen) atoms. The van der Waals surface area contributed by atoms with Crippen LogP contribution in [0.2, 0.25) is 0 Å². The fourth-order valence-corrected chi connectivity index (χ4v) is 3.31. The number of carbonyl (C=O) groups excluding carboxylic acids is 2. The van der Waals surface area contributed by atoms with Gasteiger partial charge in [-0.2, -0.15) is 0 Å². The summed E-state index contributed by atoms with van der Waals surface area (Å²) in [6.45, 7) is 2.40. The Kier molecular flexibility index (Phi) is 7.13. The first-order chi connectivity index (χ1) is 11.6. The smallest absolute Gasteiger partial charge is 0.315 e. The van der Waals surface area contributed by atoms with Gasteiger partial charge >= 0.3 is 5.97 Å². The van der Waals surface area contributed by atoms with Crippen molar-refractivity contribution in [3.8, 4) is 0 Å². The van der Waals surface area contributed by atoms with Crippen LogP contribution in [-0.4, -0.2) is 34.4 Å². The summed E-state index contributed by atoms with van der Waals surface area (Å²) in [6, 6.07) is 5.89. The largest absolute Gasteiger partial charge is 0.465 e. The molecule has 6 nitrogen and oxygen atoms in total. The SMILES string of the molecule is CCOC(=O)CSCc1nnc(C(=O)NCc2ccc(F)cc2)s1. The number of hydrogen-bond donors (Lipinski definition) is 1. The molecule has 0 fully saturated rings. The summed E-state index contributed by atoms with van der Waals surface area (Å²) in [5, 5.41) is 11.4. The van der Waals surface area contributed by atoms with Gasteiger partial charge in [-0.3, -0.25) is 9.59 Å². The molecule has 0 atom stereocenters. The Bertz CT molecular complexity index is 692. The Labute approximate surface area is 146 Å². The Morgan fingerprint density at radius 1 is 1.29 bits per heavy atom. The molecule has 0 saturated carbocycles. The van der Waals surface area contributed by atoms with Gasteiger partial charge in [0.1, 0.15) is 10.8 Å². The van der Waals surface area contributed by atoms with E-state index in [1.165, 1.54) is 35.2 Å². The van der Waals surface area contributed by atoms with Crippen LogP contribution in [0.25, 0.3) is 0 Å². The van der Waals surface area contributed by atoms with Gasteiger partial charge in [0.05, 0.1) is 12.4 Å². The standard InChI is InChI=1S/C15H16FN3O3S2/c1-2-22-13(20)9-23-8-12-18-19-15(24-12)14(21)17-7-10-3-5-11(16)6-4-10/h3-6H,2,7-9H2,1H3,(H,17,21). The molecular formula is C15H16FN3O3S2. The third-order valence-electron chi connectivity index (χ3n) is 2.78.